The lowest BCUT2D eigenvalue weighted by Crippen LogP contribution is -2.39. The first-order chi connectivity index (χ1) is 14.1. The third kappa shape index (κ3) is 6.21. The highest BCUT2D eigenvalue weighted by Crippen LogP contribution is 2.21. The molecule has 0 bridgehead atoms. The summed E-state index contributed by atoms with van der Waals surface area (Å²) < 4.78 is 36.8. The second-order valence-corrected chi connectivity index (χ2v) is 9.33. The minimum Gasteiger partial charge on any atom is -0.492 e. The summed E-state index contributed by atoms with van der Waals surface area (Å²) in [6.07, 6.45) is -0.0389. The number of hydrogen-bond donors (Lipinski definition) is 1. The third-order valence-corrected chi connectivity index (χ3v) is 6.38. The van der Waals surface area contributed by atoms with E-state index >= 15 is 0 Å². The Kier molecular flexibility index (Phi) is 8.25. The Balaban J connectivity index is 1.84. The molecule has 0 heterocycles. The minimum absolute atomic E-state index is 0.197. The van der Waals surface area contributed by atoms with Gasteiger partial charge in [0, 0.05) is 14.1 Å². The largest absolute Gasteiger partial charge is 0.492 e. The molecule has 1 atom stereocenters. The van der Waals surface area contributed by atoms with E-state index in [-0.39, 0.29) is 17.4 Å². The number of nitrogens with zero attached hydrogens (tertiary/aromatic N) is 1. The summed E-state index contributed by atoms with van der Waals surface area (Å²) in [7, 11) is -0.503. The molecule has 8 heteroatoms. The van der Waals surface area contributed by atoms with E-state index in [4.69, 9.17) is 9.47 Å². The van der Waals surface area contributed by atoms with Gasteiger partial charge in [0.1, 0.15) is 18.1 Å². The summed E-state index contributed by atoms with van der Waals surface area (Å²) in [5.74, 6) is 1.04. The molecule has 0 saturated carbocycles. The number of nitrogens with one attached hydrogen (secondary N) is 1. The van der Waals surface area contributed by atoms with Crippen molar-refractivity contribution in [2.45, 2.75) is 38.2 Å². The summed E-state index contributed by atoms with van der Waals surface area (Å²) in [5.41, 5.74) is 2.05. The van der Waals surface area contributed by atoms with Crippen molar-refractivity contribution in [2.24, 2.45) is 0 Å². The van der Waals surface area contributed by atoms with Crippen LogP contribution in [0, 0.1) is 13.8 Å². The Bertz CT molecular complexity index is 956. The van der Waals surface area contributed by atoms with E-state index in [2.05, 4.69) is 5.32 Å². The van der Waals surface area contributed by atoms with Crippen LogP contribution in [0.25, 0.3) is 0 Å². The SMILES string of the molecule is CCC(Oc1cc(C)ccc1C)C(=O)NCCOc1ccc(S(=O)(=O)N(C)C)cc1. The van der Waals surface area contributed by atoms with Gasteiger partial charge in [-0.1, -0.05) is 19.1 Å². The number of benzene rings is 2. The van der Waals surface area contributed by atoms with Crippen LogP contribution in [0.4, 0.5) is 0 Å². The average Bonchev–Trinajstić information content (AvgIpc) is 2.71. The molecule has 0 saturated heterocycles. The molecule has 0 aliphatic heterocycles. The van der Waals surface area contributed by atoms with Crippen molar-refractivity contribution < 1.29 is 22.7 Å². The molecule has 0 radical (unpaired) electrons. The van der Waals surface area contributed by atoms with Gasteiger partial charge in [0.2, 0.25) is 10.0 Å². The molecule has 0 aromatic heterocycles. The van der Waals surface area contributed by atoms with Gasteiger partial charge in [0.15, 0.2) is 6.10 Å². The Labute approximate surface area is 179 Å². The van der Waals surface area contributed by atoms with E-state index < -0.39 is 16.1 Å². The van der Waals surface area contributed by atoms with Crippen LogP contribution in [0.5, 0.6) is 11.5 Å². The lowest BCUT2D eigenvalue weighted by atomic mass is 10.1. The highest BCUT2D eigenvalue weighted by Gasteiger charge is 2.19. The smallest absolute Gasteiger partial charge is 0.261 e. The molecule has 7 nitrogen and oxygen atoms in total. The van der Waals surface area contributed by atoms with E-state index in [1.54, 1.807) is 12.1 Å². The van der Waals surface area contributed by atoms with Crippen LogP contribution in [0.2, 0.25) is 0 Å². The summed E-state index contributed by atoms with van der Waals surface area (Å²) in [6, 6.07) is 12.1. The van der Waals surface area contributed by atoms with Gasteiger partial charge in [0.05, 0.1) is 11.4 Å². The van der Waals surface area contributed by atoms with Crippen molar-refractivity contribution in [1.82, 2.24) is 9.62 Å². The normalized spacial score (nSPS) is 12.5. The summed E-state index contributed by atoms with van der Waals surface area (Å²) in [4.78, 5) is 12.6. The Morgan fingerprint density at radius 3 is 2.37 bits per heavy atom. The van der Waals surface area contributed by atoms with E-state index in [1.807, 2.05) is 39.0 Å². The van der Waals surface area contributed by atoms with Gasteiger partial charge < -0.3 is 14.8 Å². The van der Waals surface area contributed by atoms with Crippen molar-refractivity contribution in [1.29, 1.82) is 0 Å². The van der Waals surface area contributed by atoms with Gasteiger partial charge in [-0.3, -0.25) is 4.79 Å². The first kappa shape index (κ1) is 23.7. The van der Waals surface area contributed by atoms with E-state index in [0.29, 0.717) is 24.5 Å². The lowest BCUT2D eigenvalue weighted by Gasteiger charge is -2.19. The van der Waals surface area contributed by atoms with E-state index in [1.165, 1.54) is 26.2 Å². The molecule has 1 N–H and O–H groups in total. The quantitative estimate of drug-likeness (QED) is 0.581. The van der Waals surface area contributed by atoms with Crippen molar-refractivity contribution in [2.75, 3.05) is 27.2 Å². The van der Waals surface area contributed by atoms with Crippen molar-refractivity contribution >= 4 is 15.9 Å². The fraction of sp³-hybridized carbons (Fsp3) is 0.409. The molecule has 0 spiro atoms. The molecule has 30 heavy (non-hydrogen) atoms. The fourth-order valence-electron chi connectivity index (χ4n) is 2.69. The molecule has 0 aliphatic rings. The summed E-state index contributed by atoms with van der Waals surface area (Å²) >= 11 is 0. The van der Waals surface area contributed by atoms with Gasteiger partial charge in [-0.25, -0.2) is 12.7 Å². The molecule has 0 aliphatic carbocycles. The monoisotopic (exact) mass is 434 g/mol. The third-order valence-electron chi connectivity index (χ3n) is 4.55. The number of amides is 1. The van der Waals surface area contributed by atoms with Crippen LogP contribution in [0.15, 0.2) is 47.4 Å². The maximum atomic E-state index is 12.4. The zero-order chi connectivity index (χ0) is 22.3. The molecule has 2 rings (SSSR count). The maximum absolute atomic E-state index is 12.4. The number of sulfonamides is 1. The fourth-order valence-corrected chi connectivity index (χ4v) is 3.59. The van der Waals surface area contributed by atoms with Crippen LogP contribution in [-0.2, 0) is 14.8 Å². The predicted octanol–water partition coefficient (Wildman–Crippen LogP) is 2.91. The van der Waals surface area contributed by atoms with Crippen LogP contribution >= 0.6 is 0 Å². The number of carbonyl (C=O) groups is 1. The second kappa shape index (κ2) is 10.4. The van der Waals surface area contributed by atoms with Crippen molar-refractivity contribution in [3.8, 4) is 11.5 Å². The van der Waals surface area contributed by atoms with E-state index in [9.17, 15) is 13.2 Å². The molecule has 2 aromatic rings. The van der Waals surface area contributed by atoms with Crippen LogP contribution in [-0.4, -0.2) is 52.0 Å². The molecular weight excluding hydrogens is 404 g/mol. The summed E-state index contributed by atoms with van der Waals surface area (Å²) in [5, 5.41) is 2.82. The Hall–Kier alpha value is -2.58. The van der Waals surface area contributed by atoms with Gasteiger partial charge in [-0.15, -0.1) is 0 Å². The molecule has 2 aromatic carbocycles. The van der Waals surface area contributed by atoms with Crippen LogP contribution in [0.3, 0.4) is 0 Å². The first-order valence-electron chi connectivity index (χ1n) is 9.82. The lowest BCUT2D eigenvalue weighted by molar-refractivity contribution is -0.128. The van der Waals surface area contributed by atoms with Crippen molar-refractivity contribution in [3.63, 3.8) is 0 Å². The minimum atomic E-state index is -3.47. The molecular formula is C22H30N2O5S. The highest BCUT2D eigenvalue weighted by atomic mass is 32.2. The maximum Gasteiger partial charge on any atom is 0.261 e. The average molecular weight is 435 g/mol. The molecule has 164 valence electrons. The zero-order valence-corrected chi connectivity index (χ0v) is 19.0. The number of rotatable bonds is 10. The standard InChI is InChI=1S/C22H30N2O5S/c1-6-20(29-21-15-16(2)7-8-17(21)3)22(25)23-13-14-28-18-9-11-19(12-10-18)30(26,27)24(4)5/h7-12,15,20H,6,13-14H2,1-5H3,(H,23,25). The van der Waals surface area contributed by atoms with Crippen LogP contribution < -0.4 is 14.8 Å². The predicted molar refractivity (Wildman–Crippen MR) is 116 cm³/mol. The Morgan fingerprint density at radius 1 is 1.10 bits per heavy atom. The van der Waals surface area contributed by atoms with Gasteiger partial charge >= 0.3 is 0 Å². The van der Waals surface area contributed by atoms with Crippen LogP contribution in [0.1, 0.15) is 24.5 Å². The highest BCUT2D eigenvalue weighted by molar-refractivity contribution is 7.89. The number of hydrogen-bond acceptors (Lipinski definition) is 5. The van der Waals surface area contributed by atoms with Gasteiger partial charge in [-0.2, -0.15) is 0 Å². The first-order valence-corrected chi connectivity index (χ1v) is 11.3. The van der Waals surface area contributed by atoms with E-state index in [0.717, 1.165) is 15.4 Å². The topological polar surface area (TPSA) is 84.9 Å². The number of ether oxygens (including phenoxy) is 2. The molecule has 1 amide bonds. The zero-order valence-electron chi connectivity index (χ0n) is 18.1. The van der Waals surface area contributed by atoms with Crippen molar-refractivity contribution in [3.05, 3.63) is 53.6 Å². The number of aryl methyl sites for hydroxylation is 2. The van der Waals surface area contributed by atoms with Gasteiger partial charge in [0.25, 0.3) is 5.91 Å². The van der Waals surface area contributed by atoms with Gasteiger partial charge in [-0.05, 0) is 61.7 Å². The Morgan fingerprint density at radius 2 is 1.77 bits per heavy atom. The number of carbonyl (C=O) groups excluding carboxylic acids is 1. The molecule has 1 unspecified atom stereocenters. The molecule has 0 fully saturated rings. The second-order valence-electron chi connectivity index (χ2n) is 7.18. The summed E-state index contributed by atoms with van der Waals surface area (Å²) in [6.45, 7) is 6.39.